The van der Waals surface area contributed by atoms with Crippen LogP contribution < -0.4 is 0 Å². The van der Waals surface area contributed by atoms with E-state index in [1.54, 1.807) is 6.07 Å². The highest BCUT2D eigenvalue weighted by molar-refractivity contribution is 6.35. The summed E-state index contributed by atoms with van der Waals surface area (Å²) in [7, 11) is 0. The van der Waals surface area contributed by atoms with E-state index in [0.717, 1.165) is 5.02 Å². The Morgan fingerprint density at radius 2 is 1.39 bits per heavy atom. The van der Waals surface area contributed by atoms with Crippen molar-refractivity contribution in [2.45, 2.75) is 0 Å². The molecule has 0 spiro atoms. The molecular weight excluding hydrogens is 293 g/mol. The molecule has 0 atom stereocenters. The van der Waals surface area contributed by atoms with Gasteiger partial charge in [-0.2, -0.15) is 4.99 Å². The maximum Gasteiger partial charge on any atom is 0.240 e. The third-order valence-electron chi connectivity index (χ3n) is 1.76. The van der Waals surface area contributed by atoms with E-state index in [1.807, 2.05) is 30.3 Å². The fourth-order valence-electron chi connectivity index (χ4n) is 1.07. The standard InChI is InChI=1S/C7H3Cl2NO.C6H5Cl/c8-5-1-6(9)3-7(2-5)10-4-11;7-6-4-2-1-3-5-6/h1-3H;1-5H. The summed E-state index contributed by atoms with van der Waals surface area (Å²) in [6, 6.07) is 14.1. The molecule has 0 bridgehead atoms. The topological polar surface area (TPSA) is 29.4 Å². The summed E-state index contributed by atoms with van der Waals surface area (Å²) in [5.41, 5.74) is 0.414. The molecule has 0 saturated heterocycles. The predicted octanol–water partition coefficient (Wildman–Crippen LogP) is 5.30. The van der Waals surface area contributed by atoms with Crippen molar-refractivity contribution >= 4 is 46.6 Å². The van der Waals surface area contributed by atoms with E-state index in [1.165, 1.54) is 18.2 Å². The Morgan fingerprint density at radius 3 is 1.78 bits per heavy atom. The highest BCUT2D eigenvalue weighted by atomic mass is 35.5. The van der Waals surface area contributed by atoms with Crippen LogP contribution in [0.5, 0.6) is 0 Å². The van der Waals surface area contributed by atoms with E-state index in [-0.39, 0.29) is 0 Å². The number of benzene rings is 2. The van der Waals surface area contributed by atoms with E-state index in [4.69, 9.17) is 34.8 Å². The molecule has 0 amide bonds. The van der Waals surface area contributed by atoms with Gasteiger partial charge < -0.3 is 0 Å². The van der Waals surface area contributed by atoms with E-state index < -0.39 is 0 Å². The van der Waals surface area contributed by atoms with Crippen LogP contribution in [-0.2, 0) is 4.79 Å². The molecule has 0 radical (unpaired) electrons. The van der Waals surface area contributed by atoms with Gasteiger partial charge in [-0.3, -0.25) is 0 Å². The molecule has 0 fully saturated rings. The number of isocyanates is 1. The van der Waals surface area contributed by atoms with Gasteiger partial charge in [-0.1, -0.05) is 53.0 Å². The maximum absolute atomic E-state index is 9.82. The van der Waals surface area contributed by atoms with Gasteiger partial charge in [0.05, 0.1) is 5.69 Å². The SMILES string of the molecule is Clc1ccccc1.O=C=Nc1cc(Cl)cc(Cl)c1. The normalized spacial score (nSPS) is 8.83. The van der Waals surface area contributed by atoms with Crippen molar-refractivity contribution < 1.29 is 4.79 Å². The predicted molar refractivity (Wildman–Crippen MR) is 75.7 cm³/mol. The van der Waals surface area contributed by atoms with Crippen molar-refractivity contribution in [3.8, 4) is 0 Å². The molecule has 2 aromatic rings. The third kappa shape index (κ3) is 5.85. The van der Waals surface area contributed by atoms with Gasteiger partial charge in [0.25, 0.3) is 0 Å². The second kappa shape index (κ2) is 7.91. The smallest absolute Gasteiger partial charge is 0.211 e. The molecule has 0 saturated carbocycles. The van der Waals surface area contributed by atoms with Crippen LogP contribution in [-0.4, -0.2) is 6.08 Å². The van der Waals surface area contributed by atoms with E-state index in [0.29, 0.717) is 15.7 Å². The van der Waals surface area contributed by atoms with Gasteiger partial charge in [-0.05, 0) is 30.3 Å². The van der Waals surface area contributed by atoms with Gasteiger partial charge in [-0.15, -0.1) is 0 Å². The van der Waals surface area contributed by atoms with Gasteiger partial charge in [-0.25, -0.2) is 4.79 Å². The third-order valence-corrected chi connectivity index (χ3v) is 2.44. The molecule has 0 aliphatic rings. The quantitative estimate of drug-likeness (QED) is 0.519. The molecule has 2 aromatic carbocycles. The van der Waals surface area contributed by atoms with Crippen LogP contribution in [0.15, 0.2) is 53.5 Å². The number of carbonyl (C=O) groups excluding carboxylic acids is 1. The van der Waals surface area contributed by atoms with Crippen LogP contribution in [0.3, 0.4) is 0 Å². The first kappa shape index (κ1) is 14.7. The maximum atomic E-state index is 9.82. The summed E-state index contributed by atoms with van der Waals surface area (Å²) in [5, 5.41) is 1.69. The molecule has 0 unspecified atom stereocenters. The van der Waals surface area contributed by atoms with Crippen molar-refractivity contribution in [2.75, 3.05) is 0 Å². The Hall–Kier alpha value is -1.31. The summed E-state index contributed by atoms with van der Waals surface area (Å²) in [5.74, 6) is 0. The first-order valence-electron chi connectivity index (χ1n) is 4.86. The molecule has 0 N–H and O–H groups in total. The Bertz CT molecular complexity index is 531. The van der Waals surface area contributed by atoms with Crippen LogP contribution in [0.4, 0.5) is 5.69 Å². The second-order valence-corrected chi connectivity index (χ2v) is 4.44. The van der Waals surface area contributed by atoms with Crippen LogP contribution >= 0.6 is 34.8 Å². The summed E-state index contributed by atoms with van der Waals surface area (Å²) < 4.78 is 0. The van der Waals surface area contributed by atoms with Crippen LogP contribution in [0, 0.1) is 0 Å². The number of aliphatic imine (C=N–C) groups is 1. The zero-order chi connectivity index (χ0) is 13.4. The molecule has 0 heterocycles. The zero-order valence-electron chi connectivity index (χ0n) is 9.11. The molecule has 0 aliphatic carbocycles. The molecule has 2 rings (SSSR count). The lowest BCUT2D eigenvalue weighted by Gasteiger charge is -1.93. The molecule has 2 nitrogen and oxygen atoms in total. The first-order chi connectivity index (χ1) is 8.61. The molecule has 0 aliphatic heterocycles. The van der Waals surface area contributed by atoms with E-state index in [2.05, 4.69) is 4.99 Å². The van der Waals surface area contributed by atoms with E-state index >= 15 is 0 Å². The Morgan fingerprint density at radius 1 is 0.833 bits per heavy atom. The molecule has 5 heteroatoms. The highest BCUT2D eigenvalue weighted by Gasteiger charge is 1.95. The summed E-state index contributed by atoms with van der Waals surface area (Å²) in [6.07, 6.45) is 1.40. The average molecular weight is 301 g/mol. The Kier molecular flexibility index (Phi) is 6.48. The number of hydrogen-bond donors (Lipinski definition) is 0. The highest BCUT2D eigenvalue weighted by Crippen LogP contribution is 2.23. The van der Waals surface area contributed by atoms with Crippen molar-refractivity contribution in [1.29, 1.82) is 0 Å². The minimum absolute atomic E-state index is 0.414. The lowest BCUT2D eigenvalue weighted by Crippen LogP contribution is -1.67. The minimum atomic E-state index is 0.414. The Labute approximate surface area is 120 Å². The molecule has 0 aromatic heterocycles. The van der Waals surface area contributed by atoms with Gasteiger partial charge in [0, 0.05) is 15.1 Å². The lowest BCUT2D eigenvalue weighted by atomic mass is 10.3. The number of halogens is 3. The summed E-state index contributed by atoms with van der Waals surface area (Å²) in [6.45, 7) is 0. The van der Waals surface area contributed by atoms with Crippen molar-refractivity contribution in [1.82, 2.24) is 0 Å². The van der Waals surface area contributed by atoms with Gasteiger partial charge in [0.2, 0.25) is 6.08 Å². The van der Waals surface area contributed by atoms with Crippen LogP contribution in [0.25, 0.3) is 0 Å². The number of nitrogens with zero attached hydrogens (tertiary/aromatic N) is 1. The Balaban J connectivity index is 0.000000199. The molecule has 92 valence electrons. The largest absolute Gasteiger partial charge is 0.240 e. The number of rotatable bonds is 1. The second-order valence-electron chi connectivity index (χ2n) is 3.13. The zero-order valence-corrected chi connectivity index (χ0v) is 11.4. The van der Waals surface area contributed by atoms with Crippen molar-refractivity contribution in [2.24, 2.45) is 4.99 Å². The van der Waals surface area contributed by atoms with Crippen LogP contribution in [0.1, 0.15) is 0 Å². The lowest BCUT2D eigenvalue weighted by molar-refractivity contribution is 0.565. The summed E-state index contributed by atoms with van der Waals surface area (Å²) in [4.78, 5) is 13.2. The fourth-order valence-corrected chi connectivity index (χ4v) is 1.73. The van der Waals surface area contributed by atoms with Crippen molar-refractivity contribution in [3.05, 3.63) is 63.6 Å². The van der Waals surface area contributed by atoms with Crippen LogP contribution in [0.2, 0.25) is 15.1 Å². The first-order valence-corrected chi connectivity index (χ1v) is 5.99. The van der Waals surface area contributed by atoms with Gasteiger partial charge >= 0.3 is 0 Å². The monoisotopic (exact) mass is 299 g/mol. The molecule has 18 heavy (non-hydrogen) atoms. The molecular formula is C13H8Cl3NO. The summed E-state index contributed by atoms with van der Waals surface area (Å²) >= 11 is 16.8. The fraction of sp³-hybridized carbons (Fsp3) is 0. The number of hydrogen-bond acceptors (Lipinski definition) is 2. The van der Waals surface area contributed by atoms with Crippen molar-refractivity contribution in [3.63, 3.8) is 0 Å². The average Bonchev–Trinajstić information content (AvgIpc) is 2.30. The van der Waals surface area contributed by atoms with Gasteiger partial charge in [0.1, 0.15) is 0 Å². The minimum Gasteiger partial charge on any atom is -0.211 e. The van der Waals surface area contributed by atoms with E-state index in [9.17, 15) is 4.79 Å². The van der Waals surface area contributed by atoms with Gasteiger partial charge in [0.15, 0.2) is 0 Å².